The first-order chi connectivity index (χ1) is 12.0. The molecular formula is C17H19ClN4O2S. The molecule has 6 nitrogen and oxygen atoms in total. The first kappa shape index (κ1) is 17.8. The van der Waals surface area contributed by atoms with Crippen LogP contribution in [0, 0.1) is 0 Å². The average molecular weight is 379 g/mol. The number of amides is 1. The Morgan fingerprint density at radius 3 is 2.88 bits per heavy atom. The van der Waals surface area contributed by atoms with Crippen LogP contribution in [0.2, 0.25) is 5.02 Å². The van der Waals surface area contributed by atoms with Crippen LogP contribution in [0.5, 0.6) is 0 Å². The lowest BCUT2D eigenvalue weighted by atomic mass is 10.1. The Morgan fingerprint density at radius 1 is 1.40 bits per heavy atom. The molecule has 25 heavy (non-hydrogen) atoms. The molecule has 3 N–H and O–H groups in total. The van der Waals surface area contributed by atoms with E-state index in [2.05, 4.69) is 9.97 Å². The minimum absolute atomic E-state index is 0.0646. The van der Waals surface area contributed by atoms with Gasteiger partial charge in [-0.3, -0.25) is 14.6 Å². The van der Waals surface area contributed by atoms with Crippen LogP contribution in [0.3, 0.4) is 0 Å². The molecule has 132 valence electrons. The molecule has 0 spiro atoms. The van der Waals surface area contributed by atoms with E-state index in [1.807, 2.05) is 29.2 Å². The molecule has 2 heterocycles. The van der Waals surface area contributed by atoms with Crippen molar-refractivity contribution < 1.29 is 4.79 Å². The van der Waals surface area contributed by atoms with Crippen LogP contribution < -0.4 is 11.3 Å². The molecule has 8 heteroatoms. The van der Waals surface area contributed by atoms with Crippen molar-refractivity contribution in [2.45, 2.75) is 18.1 Å². The van der Waals surface area contributed by atoms with Crippen molar-refractivity contribution in [2.75, 3.05) is 24.6 Å². The SMILES string of the molecule is Nc1nc(C2CCN(C(=O)CSCc3ccc(Cl)cc3)C2)cc(=O)[nH]1. The van der Waals surface area contributed by atoms with Gasteiger partial charge in [0.15, 0.2) is 0 Å². The number of anilines is 1. The maximum Gasteiger partial charge on any atom is 0.252 e. The minimum atomic E-state index is -0.259. The zero-order valence-corrected chi connectivity index (χ0v) is 15.1. The summed E-state index contributed by atoms with van der Waals surface area (Å²) in [5.74, 6) is 1.49. The van der Waals surface area contributed by atoms with Gasteiger partial charge in [0, 0.05) is 35.8 Å². The summed E-state index contributed by atoms with van der Waals surface area (Å²) in [6.45, 7) is 1.26. The summed E-state index contributed by atoms with van der Waals surface area (Å²) < 4.78 is 0. The zero-order valence-electron chi connectivity index (χ0n) is 13.6. The largest absolute Gasteiger partial charge is 0.369 e. The number of aromatic amines is 1. The Bertz CT molecular complexity index is 809. The summed E-state index contributed by atoms with van der Waals surface area (Å²) in [6, 6.07) is 9.10. The highest BCUT2D eigenvalue weighted by molar-refractivity contribution is 7.99. The molecule has 0 radical (unpaired) electrons. The third-order valence-electron chi connectivity index (χ3n) is 4.15. The molecule has 1 atom stereocenters. The van der Waals surface area contributed by atoms with E-state index in [0.29, 0.717) is 29.6 Å². The van der Waals surface area contributed by atoms with E-state index < -0.39 is 0 Å². The topological polar surface area (TPSA) is 92.1 Å². The molecule has 1 aliphatic heterocycles. The predicted molar refractivity (Wildman–Crippen MR) is 101 cm³/mol. The number of nitrogens with two attached hydrogens (primary N) is 1. The second-order valence-corrected chi connectivity index (χ2v) is 7.42. The van der Waals surface area contributed by atoms with E-state index in [0.717, 1.165) is 17.7 Å². The average Bonchev–Trinajstić information content (AvgIpc) is 3.06. The van der Waals surface area contributed by atoms with Crippen molar-refractivity contribution in [3.63, 3.8) is 0 Å². The molecule has 1 amide bonds. The van der Waals surface area contributed by atoms with Gasteiger partial charge in [0.05, 0.1) is 11.4 Å². The van der Waals surface area contributed by atoms with Gasteiger partial charge >= 0.3 is 0 Å². The normalized spacial score (nSPS) is 17.0. The monoisotopic (exact) mass is 378 g/mol. The number of hydrogen-bond donors (Lipinski definition) is 2. The van der Waals surface area contributed by atoms with Crippen LogP contribution >= 0.6 is 23.4 Å². The van der Waals surface area contributed by atoms with E-state index >= 15 is 0 Å². The molecular weight excluding hydrogens is 360 g/mol. The quantitative estimate of drug-likeness (QED) is 0.832. The van der Waals surface area contributed by atoms with Gasteiger partial charge in [-0.05, 0) is 24.1 Å². The Labute approximate surface area is 154 Å². The highest BCUT2D eigenvalue weighted by atomic mass is 35.5. The number of benzene rings is 1. The molecule has 1 unspecified atom stereocenters. The van der Waals surface area contributed by atoms with E-state index in [-0.39, 0.29) is 23.3 Å². The first-order valence-corrected chi connectivity index (χ1v) is 9.51. The van der Waals surface area contributed by atoms with Gasteiger partial charge in [-0.1, -0.05) is 23.7 Å². The third kappa shape index (κ3) is 4.76. The Hall–Kier alpha value is -1.99. The summed E-state index contributed by atoms with van der Waals surface area (Å²) >= 11 is 7.45. The van der Waals surface area contributed by atoms with Gasteiger partial charge in [0.2, 0.25) is 11.9 Å². The Kier molecular flexibility index (Phi) is 5.65. The fourth-order valence-corrected chi connectivity index (χ4v) is 3.87. The fraction of sp³-hybridized carbons (Fsp3) is 0.353. The van der Waals surface area contributed by atoms with Gasteiger partial charge in [0.1, 0.15) is 0 Å². The smallest absolute Gasteiger partial charge is 0.252 e. The van der Waals surface area contributed by atoms with Crippen molar-refractivity contribution in [3.8, 4) is 0 Å². The maximum atomic E-state index is 12.4. The molecule has 0 saturated carbocycles. The summed E-state index contributed by atoms with van der Waals surface area (Å²) in [6.07, 6.45) is 0.795. The lowest BCUT2D eigenvalue weighted by Gasteiger charge is -2.16. The molecule has 2 aromatic rings. The summed E-state index contributed by atoms with van der Waals surface area (Å²) in [5.41, 5.74) is 7.14. The number of aromatic nitrogens is 2. The van der Waals surface area contributed by atoms with Gasteiger partial charge < -0.3 is 10.6 Å². The molecule has 1 fully saturated rings. The maximum absolute atomic E-state index is 12.4. The van der Waals surface area contributed by atoms with Crippen LogP contribution in [0.1, 0.15) is 23.6 Å². The summed E-state index contributed by atoms with van der Waals surface area (Å²) in [4.78, 5) is 32.3. The van der Waals surface area contributed by atoms with Crippen LogP contribution in [0.4, 0.5) is 5.95 Å². The van der Waals surface area contributed by atoms with Crippen molar-refractivity contribution in [1.82, 2.24) is 14.9 Å². The van der Waals surface area contributed by atoms with E-state index in [1.165, 1.54) is 6.07 Å². The third-order valence-corrected chi connectivity index (χ3v) is 5.39. The molecule has 1 aromatic carbocycles. The highest BCUT2D eigenvalue weighted by Gasteiger charge is 2.28. The second-order valence-electron chi connectivity index (χ2n) is 6.00. The number of carbonyl (C=O) groups excluding carboxylic acids is 1. The predicted octanol–water partition coefficient (Wildman–Crippen LogP) is 2.25. The number of nitrogens with zero attached hydrogens (tertiary/aromatic N) is 2. The van der Waals surface area contributed by atoms with Crippen LogP contribution in [0.25, 0.3) is 0 Å². The number of H-pyrrole nitrogens is 1. The Balaban J connectivity index is 1.50. The van der Waals surface area contributed by atoms with Crippen LogP contribution in [-0.2, 0) is 10.5 Å². The number of carbonyl (C=O) groups is 1. The zero-order chi connectivity index (χ0) is 17.8. The Morgan fingerprint density at radius 2 is 2.16 bits per heavy atom. The van der Waals surface area contributed by atoms with Crippen LogP contribution in [-0.4, -0.2) is 39.6 Å². The number of hydrogen-bond acceptors (Lipinski definition) is 5. The molecule has 1 saturated heterocycles. The molecule has 3 rings (SSSR count). The van der Waals surface area contributed by atoms with Crippen molar-refractivity contribution >= 4 is 35.2 Å². The van der Waals surface area contributed by atoms with Crippen molar-refractivity contribution in [3.05, 3.63) is 57.0 Å². The lowest BCUT2D eigenvalue weighted by Crippen LogP contribution is -2.30. The van der Waals surface area contributed by atoms with Crippen molar-refractivity contribution in [2.24, 2.45) is 0 Å². The van der Waals surface area contributed by atoms with Gasteiger partial charge in [-0.15, -0.1) is 11.8 Å². The number of nitrogen functional groups attached to an aromatic ring is 1. The number of nitrogens with one attached hydrogen (secondary N) is 1. The van der Waals surface area contributed by atoms with Gasteiger partial charge in [0.25, 0.3) is 5.56 Å². The lowest BCUT2D eigenvalue weighted by molar-refractivity contribution is -0.127. The molecule has 0 aliphatic carbocycles. The van der Waals surface area contributed by atoms with Crippen molar-refractivity contribution in [1.29, 1.82) is 0 Å². The first-order valence-electron chi connectivity index (χ1n) is 7.98. The number of thioether (sulfide) groups is 1. The van der Waals surface area contributed by atoms with Gasteiger partial charge in [-0.25, -0.2) is 4.98 Å². The fourth-order valence-electron chi connectivity index (χ4n) is 2.86. The standard InChI is InChI=1S/C17H19ClN4O2S/c18-13-3-1-11(2-4-13)9-25-10-16(24)22-6-5-12(8-22)14-7-15(23)21-17(19)20-14/h1-4,7,12H,5-6,8-10H2,(H3,19,20,21,23). The minimum Gasteiger partial charge on any atom is -0.369 e. The molecule has 1 aromatic heterocycles. The number of rotatable bonds is 5. The molecule has 0 bridgehead atoms. The number of halogens is 1. The van der Waals surface area contributed by atoms with E-state index in [4.69, 9.17) is 17.3 Å². The summed E-state index contributed by atoms with van der Waals surface area (Å²) in [7, 11) is 0. The van der Waals surface area contributed by atoms with E-state index in [1.54, 1.807) is 11.8 Å². The second kappa shape index (κ2) is 7.93. The number of likely N-dealkylation sites (tertiary alicyclic amines) is 1. The van der Waals surface area contributed by atoms with Crippen LogP contribution in [0.15, 0.2) is 35.1 Å². The van der Waals surface area contributed by atoms with Gasteiger partial charge in [-0.2, -0.15) is 0 Å². The summed E-state index contributed by atoms with van der Waals surface area (Å²) in [5, 5.41) is 0.710. The highest BCUT2D eigenvalue weighted by Crippen LogP contribution is 2.26. The van der Waals surface area contributed by atoms with E-state index in [9.17, 15) is 9.59 Å². The molecule has 1 aliphatic rings.